The van der Waals surface area contributed by atoms with E-state index in [9.17, 15) is 4.79 Å². The minimum Gasteiger partial charge on any atom is -0.399 e. The van der Waals surface area contributed by atoms with E-state index in [1.807, 2.05) is 23.1 Å². The molecule has 17 heavy (non-hydrogen) atoms. The van der Waals surface area contributed by atoms with E-state index in [0.717, 1.165) is 30.5 Å². The van der Waals surface area contributed by atoms with E-state index in [-0.39, 0.29) is 18.0 Å². The van der Waals surface area contributed by atoms with E-state index < -0.39 is 0 Å². The van der Waals surface area contributed by atoms with Gasteiger partial charge in [0.05, 0.1) is 12.5 Å². The molecule has 1 amide bonds. The summed E-state index contributed by atoms with van der Waals surface area (Å²) in [6.45, 7) is 0. The van der Waals surface area contributed by atoms with Crippen LogP contribution in [0.25, 0.3) is 0 Å². The Balaban J connectivity index is 1.99. The van der Waals surface area contributed by atoms with Crippen LogP contribution in [0.2, 0.25) is 0 Å². The molecule has 0 bridgehead atoms. The molecular formula is C13H17N3O. The number of nitrogen functional groups attached to an aromatic ring is 1. The lowest BCUT2D eigenvalue weighted by Gasteiger charge is -2.28. The molecule has 90 valence electrons. The number of benzene rings is 1. The zero-order valence-electron chi connectivity index (χ0n) is 9.73. The minimum absolute atomic E-state index is 0.113. The lowest BCUT2D eigenvalue weighted by molar-refractivity contribution is -0.117. The van der Waals surface area contributed by atoms with Crippen molar-refractivity contribution in [1.29, 1.82) is 0 Å². The maximum atomic E-state index is 12.1. The highest BCUT2D eigenvalue weighted by atomic mass is 16.2. The summed E-state index contributed by atoms with van der Waals surface area (Å²) in [7, 11) is 0. The second kappa shape index (κ2) is 3.74. The van der Waals surface area contributed by atoms with Gasteiger partial charge in [0.15, 0.2) is 0 Å². The number of amides is 1. The molecule has 2 aliphatic rings. The number of hydrogen-bond donors (Lipinski definition) is 2. The second-order valence-electron chi connectivity index (χ2n) is 4.99. The number of rotatable bonds is 1. The van der Waals surface area contributed by atoms with E-state index in [2.05, 4.69) is 0 Å². The van der Waals surface area contributed by atoms with Gasteiger partial charge in [-0.25, -0.2) is 0 Å². The predicted molar refractivity (Wildman–Crippen MR) is 67.7 cm³/mol. The number of nitrogens with zero attached hydrogens (tertiary/aromatic N) is 1. The maximum absolute atomic E-state index is 12.1. The average Bonchev–Trinajstić information content (AvgIpc) is 2.80. The van der Waals surface area contributed by atoms with Crippen molar-refractivity contribution in [2.24, 2.45) is 5.73 Å². The number of hydrogen-bond acceptors (Lipinski definition) is 3. The summed E-state index contributed by atoms with van der Waals surface area (Å²) >= 11 is 0. The van der Waals surface area contributed by atoms with E-state index in [4.69, 9.17) is 11.5 Å². The Morgan fingerprint density at radius 2 is 2.12 bits per heavy atom. The SMILES string of the molecule is Nc1ccc2c(c1)CC(=O)N2C1CCCC1N. The lowest BCUT2D eigenvalue weighted by atomic mass is 10.1. The first-order valence-electron chi connectivity index (χ1n) is 6.13. The Kier molecular flexibility index (Phi) is 2.33. The highest BCUT2D eigenvalue weighted by Crippen LogP contribution is 2.36. The summed E-state index contributed by atoms with van der Waals surface area (Å²) < 4.78 is 0. The topological polar surface area (TPSA) is 72.4 Å². The molecular weight excluding hydrogens is 214 g/mol. The van der Waals surface area contributed by atoms with Crippen molar-refractivity contribution in [2.75, 3.05) is 10.6 Å². The van der Waals surface area contributed by atoms with E-state index in [1.165, 1.54) is 0 Å². The largest absolute Gasteiger partial charge is 0.399 e. The summed E-state index contributed by atoms with van der Waals surface area (Å²) in [5, 5.41) is 0. The normalized spacial score (nSPS) is 27.6. The van der Waals surface area contributed by atoms with Crippen molar-refractivity contribution in [1.82, 2.24) is 0 Å². The maximum Gasteiger partial charge on any atom is 0.231 e. The van der Waals surface area contributed by atoms with Gasteiger partial charge >= 0.3 is 0 Å². The Morgan fingerprint density at radius 3 is 2.82 bits per heavy atom. The molecule has 1 heterocycles. The van der Waals surface area contributed by atoms with E-state index in [1.54, 1.807) is 0 Å². The Hall–Kier alpha value is -1.55. The number of anilines is 2. The number of fused-ring (bicyclic) bond motifs is 1. The summed E-state index contributed by atoms with van der Waals surface area (Å²) in [6, 6.07) is 5.98. The van der Waals surface area contributed by atoms with Crippen LogP contribution >= 0.6 is 0 Å². The summed E-state index contributed by atoms with van der Waals surface area (Å²) in [5.74, 6) is 0.160. The zero-order chi connectivity index (χ0) is 12.0. The molecule has 3 rings (SSSR count). The molecule has 1 aromatic rings. The van der Waals surface area contributed by atoms with Crippen LogP contribution in [0.1, 0.15) is 24.8 Å². The third kappa shape index (κ3) is 1.60. The van der Waals surface area contributed by atoms with Gasteiger partial charge in [-0.05, 0) is 43.0 Å². The van der Waals surface area contributed by atoms with E-state index >= 15 is 0 Å². The molecule has 0 spiro atoms. The van der Waals surface area contributed by atoms with Gasteiger partial charge in [-0.15, -0.1) is 0 Å². The molecule has 2 atom stereocenters. The van der Waals surface area contributed by atoms with Gasteiger partial charge in [0, 0.05) is 17.4 Å². The molecule has 0 aromatic heterocycles. The van der Waals surface area contributed by atoms with Gasteiger partial charge in [0.2, 0.25) is 5.91 Å². The van der Waals surface area contributed by atoms with Crippen molar-refractivity contribution >= 4 is 17.3 Å². The molecule has 4 heteroatoms. The molecule has 4 N–H and O–H groups in total. The second-order valence-corrected chi connectivity index (χ2v) is 4.99. The number of carbonyl (C=O) groups excluding carboxylic acids is 1. The molecule has 0 saturated heterocycles. The van der Waals surface area contributed by atoms with Crippen LogP contribution in [-0.4, -0.2) is 18.0 Å². The van der Waals surface area contributed by atoms with Gasteiger partial charge in [0.1, 0.15) is 0 Å². The molecule has 1 saturated carbocycles. The van der Waals surface area contributed by atoms with Crippen LogP contribution in [0.5, 0.6) is 0 Å². The van der Waals surface area contributed by atoms with Crippen LogP contribution in [-0.2, 0) is 11.2 Å². The molecule has 1 aromatic carbocycles. The van der Waals surface area contributed by atoms with Gasteiger partial charge in [-0.2, -0.15) is 0 Å². The van der Waals surface area contributed by atoms with Crippen molar-refractivity contribution in [3.63, 3.8) is 0 Å². The van der Waals surface area contributed by atoms with Crippen molar-refractivity contribution in [3.05, 3.63) is 23.8 Å². The first-order chi connectivity index (χ1) is 8.16. The Bertz CT molecular complexity index is 472. The highest BCUT2D eigenvalue weighted by Gasteiger charge is 2.38. The standard InChI is InChI=1S/C13H17N3O/c14-9-4-5-11-8(6-9)7-13(17)16(11)12-3-1-2-10(12)15/h4-6,10,12H,1-3,7,14-15H2. The first kappa shape index (κ1) is 10.6. The van der Waals surface area contributed by atoms with Crippen LogP contribution in [0.15, 0.2) is 18.2 Å². The van der Waals surface area contributed by atoms with Gasteiger partial charge < -0.3 is 16.4 Å². The number of carbonyl (C=O) groups is 1. The van der Waals surface area contributed by atoms with Crippen LogP contribution in [0.4, 0.5) is 11.4 Å². The summed E-state index contributed by atoms with van der Waals surface area (Å²) in [5.41, 5.74) is 14.6. The Morgan fingerprint density at radius 1 is 1.29 bits per heavy atom. The molecule has 1 fully saturated rings. The van der Waals surface area contributed by atoms with Crippen molar-refractivity contribution < 1.29 is 4.79 Å². The third-order valence-corrected chi connectivity index (χ3v) is 3.84. The monoisotopic (exact) mass is 231 g/mol. The predicted octanol–water partition coefficient (Wildman–Crippen LogP) is 1.04. The fraction of sp³-hybridized carbons (Fsp3) is 0.462. The fourth-order valence-corrected chi connectivity index (χ4v) is 3.02. The quantitative estimate of drug-likeness (QED) is 0.709. The van der Waals surface area contributed by atoms with Crippen LogP contribution < -0.4 is 16.4 Å². The molecule has 1 aliphatic heterocycles. The molecule has 4 nitrogen and oxygen atoms in total. The average molecular weight is 231 g/mol. The number of nitrogens with two attached hydrogens (primary N) is 2. The van der Waals surface area contributed by atoms with E-state index in [0.29, 0.717) is 12.1 Å². The summed E-state index contributed by atoms with van der Waals surface area (Å²) in [6.07, 6.45) is 3.60. The van der Waals surface area contributed by atoms with Crippen LogP contribution in [0.3, 0.4) is 0 Å². The first-order valence-corrected chi connectivity index (χ1v) is 6.13. The molecule has 1 aliphatic carbocycles. The zero-order valence-corrected chi connectivity index (χ0v) is 9.73. The van der Waals surface area contributed by atoms with Gasteiger partial charge in [0.25, 0.3) is 0 Å². The smallest absolute Gasteiger partial charge is 0.231 e. The molecule has 0 radical (unpaired) electrons. The van der Waals surface area contributed by atoms with Crippen molar-refractivity contribution in [3.8, 4) is 0 Å². The fourth-order valence-electron chi connectivity index (χ4n) is 3.02. The van der Waals surface area contributed by atoms with Gasteiger partial charge in [-0.3, -0.25) is 4.79 Å². The minimum atomic E-state index is 0.113. The lowest BCUT2D eigenvalue weighted by Crippen LogP contribution is -2.46. The highest BCUT2D eigenvalue weighted by molar-refractivity contribution is 6.02. The summed E-state index contributed by atoms with van der Waals surface area (Å²) in [4.78, 5) is 14.0. The van der Waals surface area contributed by atoms with Crippen molar-refractivity contribution in [2.45, 2.75) is 37.8 Å². The molecule has 2 unspecified atom stereocenters. The van der Waals surface area contributed by atoms with Crippen LogP contribution in [0, 0.1) is 0 Å². The Labute approximate surface area is 101 Å². The van der Waals surface area contributed by atoms with Gasteiger partial charge in [-0.1, -0.05) is 0 Å². The third-order valence-electron chi connectivity index (χ3n) is 3.84.